The number of ketones is 1. The van der Waals surface area contributed by atoms with Crippen molar-refractivity contribution in [1.29, 1.82) is 0 Å². The molecule has 0 spiro atoms. The second-order valence-electron chi connectivity index (χ2n) is 3.79. The molecule has 3 rings (SSSR count). The Bertz CT molecular complexity index is 650. The summed E-state index contributed by atoms with van der Waals surface area (Å²) in [5.74, 6) is -0.271. The molecule has 0 heterocycles. The summed E-state index contributed by atoms with van der Waals surface area (Å²) in [4.78, 5) is 12.0. The van der Waals surface area contributed by atoms with E-state index in [0.29, 0.717) is 16.2 Å². The lowest BCUT2D eigenvalue weighted by Gasteiger charge is -2.15. The fourth-order valence-corrected chi connectivity index (χ4v) is 2.79. The van der Waals surface area contributed by atoms with Gasteiger partial charge in [-0.1, -0.05) is 59.1 Å². The Balaban J connectivity index is 2.36. The van der Waals surface area contributed by atoms with Crippen LogP contribution in [0.1, 0.15) is 11.1 Å². The molecule has 2 aliphatic rings. The molecule has 0 saturated heterocycles. The summed E-state index contributed by atoms with van der Waals surface area (Å²) in [6.07, 6.45) is 1.79. The number of carbonyl (C=O) groups excluding carboxylic acids is 1. The van der Waals surface area contributed by atoms with Crippen LogP contribution in [0.4, 0.5) is 0 Å². The summed E-state index contributed by atoms with van der Waals surface area (Å²) in [7, 11) is 0. The molecule has 0 saturated carbocycles. The van der Waals surface area contributed by atoms with Crippen molar-refractivity contribution >= 4 is 52.2 Å². The zero-order chi connectivity index (χ0) is 12.2. The highest BCUT2D eigenvalue weighted by molar-refractivity contribution is 6.59. The van der Waals surface area contributed by atoms with Gasteiger partial charge in [-0.3, -0.25) is 4.79 Å². The van der Waals surface area contributed by atoms with E-state index in [1.807, 2.05) is 24.3 Å². The van der Waals surface area contributed by atoms with Gasteiger partial charge >= 0.3 is 0 Å². The van der Waals surface area contributed by atoms with Crippen LogP contribution in [0.15, 0.2) is 44.9 Å². The second kappa shape index (κ2) is 3.74. The van der Waals surface area contributed by atoms with Gasteiger partial charge in [0.15, 0.2) is 0 Å². The zero-order valence-electron chi connectivity index (χ0n) is 8.43. The van der Waals surface area contributed by atoms with E-state index in [1.165, 1.54) is 0 Å². The van der Waals surface area contributed by atoms with Crippen LogP contribution in [0.5, 0.6) is 0 Å². The molecule has 1 nitrogen and oxygen atoms in total. The Morgan fingerprint density at radius 3 is 2.35 bits per heavy atom. The highest BCUT2D eigenvalue weighted by atomic mass is 35.5. The quantitative estimate of drug-likeness (QED) is 0.693. The highest BCUT2D eigenvalue weighted by Crippen LogP contribution is 2.47. The lowest BCUT2D eigenvalue weighted by Crippen LogP contribution is -2.09. The van der Waals surface area contributed by atoms with E-state index in [2.05, 4.69) is 0 Å². The molecule has 0 aliphatic heterocycles. The zero-order valence-corrected chi connectivity index (χ0v) is 10.7. The topological polar surface area (TPSA) is 17.1 Å². The smallest absolute Gasteiger partial charge is 0.206 e. The predicted octanol–water partition coefficient (Wildman–Crippen LogP) is 4.31. The Kier molecular flexibility index (Phi) is 2.44. The summed E-state index contributed by atoms with van der Waals surface area (Å²) in [5.41, 5.74) is 3.08. The maximum Gasteiger partial charge on any atom is 0.206 e. The van der Waals surface area contributed by atoms with E-state index >= 15 is 0 Å². The molecule has 17 heavy (non-hydrogen) atoms. The lowest BCUT2D eigenvalue weighted by molar-refractivity contribution is -0.111. The second-order valence-corrected chi connectivity index (χ2v) is 4.93. The molecule has 0 radical (unpaired) electrons. The first-order valence-corrected chi connectivity index (χ1v) is 6.06. The number of fused-ring (bicyclic) bond motifs is 3. The maximum absolute atomic E-state index is 12.0. The van der Waals surface area contributed by atoms with Gasteiger partial charge in [0.25, 0.3) is 0 Å². The number of hydrogen-bond donors (Lipinski definition) is 0. The molecular formula is C13H5Cl3O. The van der Waals surface area contributed by atoms with Gasteiger partial charge in [-0.25, -0.2) is 0 Å². The largest absolute Gasteiger partial charge is 0.288 e. The van der Waals surface area contributed by atoms with Gasteiger partial charge in [0.05, 0.1) is 10.1 Å². The van der Waals surface area contributed by atoms with E-state index in [0.717, 1.165) is 11.1 Å². The fourth-order valence-electron chi connectivity index (χ4n) is 2.06. The molecule has 2 aliphatic carbocycles. The number of allylic oxidation sites excluding steroid dienone is 5. The third kappa shape index (κ3) is 1.43. The van der Waals surface area contributed by atoms with Crippen LogP contribution in [0.2, 0.25) is 0 Å². The number of halogens is 3. The van der Waals surface area contributed by atoms with Gasteiger partial charge in [-0.2, -0.15) is 0 Å². The average molecular weight is 284 g/mol. The summed E-state index contributed by atoms with van der Waals surface area (Å²) in [6.45, 7) is 0. The van der Waals surface area contributed by atoms with Crippen LogP contribution in [0.3, 0.4) is 0 Å². The predicted molar refractivity (Wildman–Crippen MR) is 70.9 cm³/mol. The molecular weight excluding hydrogens is 279 g/mol. The first kappa shape index (κ1) is 11.1. The van der Waals surface area contributed by atoms with Crippen molar-refractivity contribution in [3.05, 3.63) is 56.1 Å². The first-order chi connectivity index (χ1) is 8.11. The van der Waals surface area contributed by atoms with E-state index in [4.69, 9.17) is 34.8 Å². The minimum absolute atomic E-state index is 0.0144. The molecule has 0 N–H and O–H groups in total. The highest BCUT2D eigenvalue weighted by Gasteiger charge is 2.34. The standard InChI is InChI=1S/C13H5Cl3O/c14-10-9-7-4-2-1-3-6(7)5-8(9)13(17)12(16)11(10)15/h1-5H. The summed E-state index contributed by atoms with van der Waals surface area (Å²) >= 11 is 18.0. The van der Waals surface area contributed by atoms with Crippen LogP contribution >= 0.6 is 34.8 Å². The van der Waals surface area contributed by atoms with Crippen LogP contribution in [0, 0.1) is 0 Å². The molecule has 4 heteroatoms. The van der Waals surface area contributed by atoms with Crippen molar-refractivity contribution in [2.24, 2.45) is 0 Å². The number of hydrogen-bond acceptors (Lipinski definition) is 1. The van der Waals surface area contributed by atoms with Gasteiger partial charge < -0.3 is 0 Å². The van der Waals surface area contributed by atoms with Crippen LogP contribution in [-0.4, -0.2) is 5.78 Å². The molecule has 0 fully saturated rings. The van der Waals surface area contributed by atoms with E-state index < -0.39 is 0 Å². The Morgan fingerprint density at radius 2 is 1.59 bits per heavy atom. The molecule has 0 unspecified atom stereocenters. The summed E-state index contributed by atoms with van der Waals surface area (Å²) in [6, 6.07) is 7.63. The molecule has 1 aromatic carbocycles. The summed E-state index contributed by atoms with van der Waals surface area (Å²) in [5, 5.41) is 0.453. The number of carbonyl (C=O) groups is 1. The number of Topliss-reactive ketones (excluding diaryl/α,β-unsaturated/α-hetero) is 1. The minimum atomic E-state index is -0.271. The van der Waals surface area contributed by atoms with Crippen molar-refractivity contribution in [2.45, 2.75) is 0 Å². The average Bonchev–Trinajstić information content (AvgIpc) is 2.73. The van der Waals surface area contributed by atoms with Crippen LogP contribution in [0.25, 0.3) is 11.6 Å². The Morgan fingerprint density at radius 1 is 0.882 bits per heavy atom. The number of benzene rings is 1. The third-order valence-corrected chi connectivity index (χ3v) is 4.16. The van der Waals surface area contributed by atoms with Gasteiger partial charge in [0.1, 0.15) is 5.03 Å². The number of rotatable bonds is 0. The summed E-state index contributed by atoms with van der Waals surface area (Å²) < 4.78 is 0. The van der Waals surface area contributed by atoms with Crippen molar-refractivity contribution in [3.8, 4) is 0 Å². The van der Waals surface area contributed by atoms with E-state index in [9.17, 15) is 4.79 Å². The van der Waals surface area contributed by atoms with Crippen molar-refractivity contribution in [2.75, 3.05) is 0 Å². The molecule has 0 atom stereocenters. The third-order valence-electron chi connectivity index (χ3n) is 2.85. The molecule has 0 aromatic heterocycles. The lowest BCUT2D eigenvalue weighted by atomic mass is 9.96. The fraction of sp³-hybridized carbons (Fsp3) is 0. The minimum Gasteiger partial charge on any atom is -0.288 e. The Labute approximate surface area is 113 Å². The van der Waals surface area contributed by atoms with Crippen molar-refractivity contribution in [3.63, 3.8) is 0 Å². The van der Waals surface area contributed by atoms with Gasteiger partial charge in [-0.05, 0) is 17.2 Å². The normalized spacial score (nSPS) is 18.3. The first-order valence-electron chi connectivity index (χ1n) is 4.93. The van der Waals surface area contributed by atoms with E-state index in [-0.39, 0.29) is 15.8 Å². The maximum atomic E-state index is 12.0. The monoisotopic (exact) mass is 282 g/mol. The van der Waals surface area contributed by atoms with Crippen molar-refractivity contribution in [1.82, 2.24) is 0 Å². The molecule has 0 amide bonds. The van der Waals surface area contributed by atoms with Gasteiger partial charge in [0.2, 0.25) is 5.78 Å². The Hall–Kier alpha value is -1.02. The molecule has 0 bridgehead atoms. The van der Waals surface area contributed by atoms with Crippen LogP contribution in [-0.2, 0) is 4.79 Å². The molecule has 84 valence electrons. The van der Waals surface area contributed by atoms with Gasteiger partial charge in [0, 0.05) is 11.1 Å². The van der Waals surface area contributed by atoms with E-state index in [1.54, 1.807) is 6.08 Å². The van der Waals surface area contributed by atoms with Crippen LogP contribution < -0.4 is 0 Å². The van der Waals surface area contributed by atoms with Crippen molar-refractivity contribution < 1.29 is 4.79 Å². The molecule has 1 aromatic rings. The van der Waals surface area contributed by atoms with Gasteiger partial charge in [-0.15, -0.1) is 0 Å². The SMILES string of the molecule is O=C1C2=Cc3ccccc3C2=C(Cl)C(Cl)=C1Cl.